The van der Waals surface area contributed by atoms with Gasteiger partial charge in [-0.15, -0.1) is 0 Å². The van der Waals surface area contributed by atoms with Crippen LogP contribution >= 0.6 is 0 Å². The molecule has 2 aromatic carbocycles. The minimum absolute atomic E-state index is 0.104. The molecule has 0 bridgehead atoms. The van der Waals surface area contributed by atoms with Gasteiger partial charge >= 0.3 is 0 Å². The number of carbonyl (C=O) groups excluding carboxylic acids is 1. The second-order valence-electron chi connectivity index (χ2n) is 5.31. The van der Waals surface area contributed by atoms with Crippen molar-refractivity contribution >= 4 is 16.9 Å². The van der Waals surface area contributed by atoms with Crippen LogP contribution in [-0.2, 0) is 17.8 Å². The Bertz CT molecular complexity index is 824. The van der Waals surface area contributed by atoms with Crippen LogP contribution in [-0.4, -0.2) is 15.9 Å². The van der Waals surface area contributed by atoms with Gasteiger partial charge in [0.15, 0.2) is 0 Å². The van der Waals surface area contributed by atoms with E-state index in [9.17, 15) is 13.6 Å². The van der Waals surface area contributed by atoms with Gasteiger partial charge in [-0.3, -0.25) is 4.79 Å². The first kappa shape index (κ1) is 15.1. The van der Waals surface area contributed by atoms with Gasteiger partial charge in [-0.25, -0.2) is 13.8 Å². The Morgan fingerprint density at radius 3 is 2.65 bits per heavy atom. The monoisotopic (exact) mass is 315 g/mol. The molecule has 0 radical (unpaired) electrons. The smallest absolute Gasteiger partial charge is 0.220 e. The number of benzene rings is 2. The topological polar surface area (TPSA) is 57.8 Å². The summed E-state index contributed by atoms with van der Waals surface area (Å²) in [7, 11) is 0. The van der Waals surface area contributed by atoms with Crippen molar-refractivity contribution in [2.24, 2.45) is 0 Å². The van der Waals surface area contributed by atoms with Crippen molar-refractivity contribution in [3.8, 4) is 0 Å². The largest absolute Gasteiger partial charge is 0.352 e. The molecule has 0 fully saturated rings. The first-order chi connectivity index (χ1) is 11.1. The average Bonchev–Trinajstić information content (AvgIpc) is 2.97. The molecule has 1 aromatic heterocycles. The molecule has 1 amide bonds. The van der Waals surface area contributed by atoms with Crippen LogP contribution in [0.15, 0.2) is 42.7 Å². The average molecular weight is 315 g/mol. The van der Waals surface area contributed by atoms with Crippen LogP contribution in [0.2, 0.25) is 0 Å². The van der Waals surface area contributed by atoms with E-state index in [1.165, 1.54) is 12.1 Å². The Hall–Kier alpha value is -2.76. The number of aryl methyl sites for hydroxylation is 1. The zero-order valence-corrected chi connectivity index (χ0v) is 12.3. The summed E-state index contributed by atoms with van der Waals surface area (Å²) in [5, 5.41) is 2.66. The molecule has 1 heterocycles. The summed E-state index contributed by atoms with van der Waals surface area (Å²) in [5.41, 5.74) is 3.23. The van der Waals surface area contributed by atoms with Gasteiger partial charge in [-0.05, 0) is 41.8 Å². The minimum Gasteiger partial charge on any atom is -0.352 e. The summed E-state index contributed by atoms with van der Waals surface area (Å²) in [6, 6.07) is 8.99. The number of H-pyrrole nitrogens is 1. The molecule has 6 heteroatoms. The number of nitrogens with zero attached hydrogens (tertiary/aromatic N) is 1. The molecule has 0 unspecified atom stereocenters. The van der Waals surface area contributed by atoms with E-state index in [1.54, 1.807) is 6.33 Å². The van der Waals surface area contributed by atoms with E-state index in [1.807, 2.05) is 18.2 Å². The van der Waals surface area contributed by atoms with Gasteiger partial charge in [0.1, 0.15) is 11.6 Å². The lowest BCUT2D eigenvalue weighted by atomic mass is 10.1. The number of fused-ring (bicyclic) bond motifs is 1. The third-order valence-electron chi connectivity index (χ3n) is 3.54. The summed E-state index contributed by atoms with van der Waals surface area (Å²) < 4.78 is 26.1. The van der Waals surface area contributed by atoms with Crippen LogP contribution in [0.5, 0.6) is 0 Å². The van der Waals surface area contributed by atoms with Gasteiger partial charge in [0, 0.05) is 19.0 Å². The Balaban J connectivity index is 1.52. The van der Waals surface area contributed by atoms with Gasteiger partial charge < -0.3 is 10.3 Å². The van der Waals surface area contributed by atoms with Crippen LogP contribution in [0.4, 0.5) is 8.78 Å². The van der Waals surface area contributed by atoms with E-state index in [4.69, 9.17) is 0 Å². The van der Waals surface area contributed by atoms with Gasteiger partial charge in [0.05, 0.1) is 17.4 Å². The quantitative estimate of drug-likeness (QED) is 0.760. The number of hydrogen-bond donors (Lipinski definition) is 2. The van der Waals surface area contributed by atoms with E-state index < -0.39 is 11.6 Å². The highest BCUT2D eigenvalue weighted by Gasteiger charge is 2.06. The Kier molecular flexibility index (Phi) is 4.32. The highest BCUT2D eigenvalue weighted by molar-refractivity contribution is 5.77. The van der Waals surface area contributed by atoms with Crippen LogP contribution in [0.25, 0.3) is 11.0 Å². The summed E-state index contributed by atoms with van der Waals surface area (Å²) in [6.45, 7) is 0.104. The molecular weight excluding hydrogens is 300 g/mol. The molecule has 0 aliphatic heterocycles. The van der Waals surface area contributed by atoms with Crippen LogP contribution in [0, 0.1) is 11.6 Å². The summed E-state index contributed by atoms with van der Waals surface area (Å²) in [6.07, 6.45) is 2.51. The maximum Gasteiger partial charge on any atom is 0.220 e. The SMILES string of the molecule is O=C(CCc1ccc2nc[nH]c2c1)NCc1cc(F)cc(F)c1. The molecule has 0 atom stereocenters. The molecule has 0 spiro atoms. The van der Waals surface area contributed by atoms with Crippen molar-refractivity contribution in [2.75, 3.05) is 0 Å². The van der Waals surface area contributed by atoms with E-state index in [0.717, 1.165) is 22.7 Å². The lowest BCUT2D eigenvalue weighted by Gasteiger charge is -2.06. The number of hydrogen-bond acceptors (Lipinski definition) is 2. The maximum atomic E-state index is 13.1. The molecule has 4 nitrogen and oxygen atoms in total. The Morgan fingerprint density at radius 1 is 1.09 bits per heavy atom. The van der Waals surface area contributed by atoms with E-state index >= 15 is 0 Å². The number of aromatic amines is 1. The first-order valence-corrected chi connectivity index (χ1v) is 7.24. The number of imidazole rings is 1. The van der Waals surface area contributed by atoms with Crippen molar-refractivity contribution in [2.45, 2.75) is 19.4 Å². The predicted octanol–water partition coefficient (Wildman–Crippen LogP) is 3.09. The molecular formula is C17H15F2N3O. The fourth-order valence-corrected chi connectivity index (χ4v) is 2.40. The van der Waals surface area contributed by atoms with Crippen molar-refractivity contribution in [1.29, 1.82) is 0 Å². The molecule has 118 valence electrons. The highest BCUT2D eigenvalue weighted by Crippen LogP contribution is 2.13. The van der Waals surface area contributed by atoms with Gasteiger partial charge in [-0.1, -0.05) is 6.07 Å². The number of halogens is 2. The molecule has 0 aliphatic carbocycles. The molecule has 23 heavy (non-hydrogen) atoms. The summed E-state index contributed by atoms with van der Waals surface area (Å²) >= 11 is 0. The predicted molar refractivity (Wildman–Crippen MR) is 82.6 cm³/mol. The molecule has 0 aliphatic rings. The van der Waals surface area contributed by atoms with E-state index in [2.05, 4.69) is 15.3 Å². The molecule has 0 saturated carbocycles. The maximum absolute atomic E-state index is 13.1. The molecule has 3 aromatic rings. The van der Waals surface area contributed by atoms with Gasteiger partial charge in [0.25, 0.3) is 0 Å². The van der Waals surface area contributed by atoms with Crippen molar-refractivity contribution < 1.29 is 13.6 Å². The van der Waals surface area contributed by atoms with Crippen molar-refractivity contribution in [3.05, 3.63) is 65.5 Å². The van der Waals surface area contributed by atoms with Gasteiger partial charge in [-0.2, -0.15) is 0 Å². The third-order valence-corrected chi connectivity index (χ3v) is 3.54. The highest BCUT2D eigenvalue weighted by atomic mass is 19.1. The molecule has 0 saturated heterocycles. The number of rotatable bonds is 5. The van der Waals surface area contributed by atoms with Crippen molar-refractivity contribution in [1.82, 2.24) is 15.3 Å². The van der Waals surface area contributed by atoms with Gasteiger partial charge in [0.2, 0.25) is 5.91 Å². The Labute approximate surface area is 131 Å². The van der Waals surface area contributed by atoms with Crippen LogP contribution in [0.3, 0.4) is 0 Å². The lowest BCUT2D eigenvalue weighted by molar-refractivity contribution is -0.121. The second-order valence-corrected chi connectivity index (χ2v) is 5.31. The normalized spacial score (nSPS) is 10.9. The number of aromatic nitrogens is 2. The second kappa shape index (κ2) is 6.56. The van der Waals surface area contributed by atoms with E-state index in [-0.39, 0.29) is 12.5 Å². The summed E-state index contributed by atoms with van der Waals surface area (Å²) in [5.74, 6) is -1.47. The molecule has 2 N–H and O–H groups in total. The Morgan fingerprint density at radius 2 is 1.87 bits per heavy atom. The summed E-state index contributed by atoms with van der Waals surface area (Å²) in [4.78, 5) is 19.0. The third kappa shape index (κ3) is 3.91. The first-order valence-electron chi connectivity index (χ1n) is 7.24. The number of nitrogens with one attached hydrogen (secondary N) is 2. The number of carbonyl (C=O) groups is 1. The fraction of sp³-hybridized carbons (Fsp3) is 0.176. The zero-order valence-electron chi connectivity index (χ0n) is 12.3. The fourth-order valence-electron chi connectivity index (χ4n) is 2.40. The van der Waals surface area contributed by atoms with Crippen LogP contribution in [0.1, 0.15) is 17.5 Å². The zero-order chi connectivity index (χ0) is 16.2. The van der Waals surface area contributed by atoms with Crippen molar-refractivity contribution in [3.63, 3.8) is 0 Å². The molecule has 3 rings (SSSR count). The van der Waals surface area contributed by atoms with Crippen LogP contribution < -0.4 is 5.32 Å². The lowest BCUT2D eigenvalue weighted by Crippen LogP contribution is -2.23. The van der Waals surface area contributed by atoms with E-state index in [0.29, 0.717) is 18.4 Å². The standard InChI is InChI=1S/C17H15F2N3O/c18-13-5-12(6-14(19)8-13)9-20-17(23)4-2-11-1-3-15-16(7-11)22-10-21-15/h1,3,5-8,10H,2,4,9H2,(H,20,23)(H,21,22). The minimum atomic E-state index is -0.651. The number of amides is 1.